The molecule has 0 unspecified atom stereocenters. The summed E-state index contributed by atoms with van der Waals surface area (Å²) in [6.07, 6.45) is 0. The summed E-state index contributed by atoms with van der Waals surface area (Å²) < 4.78 is 1.53. The number of aryl methyl sites for hydroxylation is 1. The molecule has 0 aliphatic heterocycles. The van der Waals surface area contributed by atoms with Crippen molar-refractivity contribution in [3.05, 3.63) is 17.5 Å². The normalized spacial score (nSPS) is 10.9. The van der Waals surface area contributed by atoms with Gasteiger partial charge in [-0.2, -0.15) is 5.10 Å². The van der Waals surface area contributed by atoms with Crippen LogP contribution < -0.4 is 0 Å². The Labute approximate surface area is 82.9 Å². The van der Waals surface area contributed by atoms with E-state index in [0.29, 0.717) is 6.54 Å². The van der Waals surface area contributed by atoms with Crippen LogP contribution in [0.25, 0.3) is 0 Å². The van der Waals surface area contributed by atoms with Crippen molar-refractivity contribution in [1.29, 1.82) is 0 Å². The van der Waals surface area contributed by atoms with Crippen molar-refractivity contribution in [2.45, 2.75) is 13.5 Å². The smallest absolute Gasteiger partial charge is 0.354 e. The lowest BCUT2D eigenvalue weighted by atomic mass is 10.4. The van der Waals surface area contributed by atoms with Gasteiger partial charge in [0, 0.05) is 6.54 Å². The Balaban J connectivity index is 2.79. The highest BCUT2D eigenvalue weighted by atomic mass is 16.4. The van der Waals surface area contributed by atoms with Crippen LogP contribution in [0, 0.1) is 6.92 Å². The number of rotatable bonds is 4. The van der Waals surface area contributed by atoms with Crippen LogP contribution in [-0.2, 0) is 6.54 Å². The second-order valence-electron chi connectivity index (χ2n) is 3.50. The fraction of sp³-hybridized carbons (Fsp3) is 0.556. The fourth-order valence-corrected chi connectivity index (χ4v) is 1.18. The highest BCUT2D eigenvalue weighted by Crippen LogP contribution is 2.03. The molecule has 1 aromatic rings. The topological polar surface area (TPSA) is 58.4 Å². The molecule has 0 spiro atoms. The number of carboxylic acids is 1. The molecule has 0 atom stereocenters. The molecule has 0 aliphatic rings. The zero-order chi connectivity index (χ0) is 10.7. The van der Waals surface area contributed by atoms with Crippen molar-refractivity contribution in [2.24, 2.45) is 0 Å². The monoisotopic (exact) mass is 197 g/mol. The molecular weight excluding hydrogens is 182 g/mol. The number of hydrogen-bond donors (Lipinski definition) is 1. The summed E-state index contributed by atoms with van der Waals surface area (Å²) in [6, 6.07) is 1.58. The third-order valence-electron chi connectivity index (χ3n) is 1.88. The highest BCUT2D eigenvalue weighted by molar-refractivity contribution is 5.85. The molecule has 5 heteroatoms. The van der Waals surface area contributed by atoms with Gasteiger partial charge < -0.3 is 10.0 Å². The van der Waals surface area contributed by atoms with Crippen molar-refractivity contribution >= 4 is 5.97 Å². The predicted molar refractivity (Wildman–Crippen MR) is 52.5 cm³/mol. The van der Waals surface area contributed by atoms with Gasteiger partial charge in [0.05, 0.1) is 12.2 Å². The highest BCUT2D eigenvalue weighted by Gasteiger charge is 2.11. The van der Waals surface area contributed by atoms with E-state index < -0.39 is 5.97 Å². The van der Waals surface area contributed by atoms with Crippen molar-refractivity contribution in [3.63, 3.8) is 0 Å². The third kappa shape index (κ3) is 2.56. The Bertz CT molecular complexity index is 331. The van der Waals surface area contributed by atoms with Crippen LogP contribution in [0.4, 0.5) is 0 Å². The number of likely N-dealkylation sites (N-methyl/N-ethyl adjacent to an activating group) is 1. The zero-order valence-electron chi connectivity index (χ0n) is 8.69. The molecule has 1 heterocycles. The third-order valence-corrected chi connectivity index (χ3v) is 1.88. The van der Waals surface area contributed by atoms with Gasteiger partial charge in [-0.05, 0) is 27.1 Å². The molecule has 0 bridgehead atoms. The molecule has 1 aromatic heterocycles. The van der Waals surface area contributed by atoms with E-state index >= 15 is 0 Å². The lowest BCUT2D eigenvalue weighted by Gasteiger charge is -2.10. The number of aromatic carboxylic acids is 1. The average Bonchev–Trinajstić information content (AvgIpc) is 2.43. The molecule has 14 heavy (non-hydrogen) atoms. The van der Waals surface area contributed by atoms with Gasteiger partial charge >= 0.3 is 5.97 Å². The Morgan fingerprint density at radius 2 is 2.29 bits per heavy atom. The van der Waals surface area contributed by atoms with Gasteiger partial charge in [0.25, 0.3) is 0 Å². The Morgan fingerprint density at radius 3 is 2.79 bits per heavy atom. The van der Waals surface area contributed by atoms with E-state index in [1.807, 2.05) is 19.0 Å². The molecule has 0 aromatic carbocycles. The van der Waals surface area contributed by atoms with Crippen LogP contribution in [0.2, 0.25) is 0 Å². The second-order valence-corrected chi connectivity index (χ2v) is 3.50. The van der Waals surface area contributed by atoms with Crippen LogP contribution >= 0.6 is 0 Å². The largest absolute Gasteiger partial charge is 0.477 e. The zero-order valence-corrected chi connectivity index (χ0v) is 8.69. The van der Waals surface area contributed by atoms with Gasteiger partial charge in [-0.1, -0.05) is 0 Å². The predicted octanol–water partition coefficient (Wildman–Crippen LogP) is 0.451. The first kappa shape index (κ1) is 10.7. The van der Waals surface area contributed by atoms with E-state index in [1.54, 1.807) is 13.0 Å². The number of nitrogens with zero attached hydrogens (tertiary/aromatic N) is 3. The molecule has 0 fully saturated rings. The summed E-state index contributed by atoms with van der Waals surface area (Å²) in [6.45, 7) is 3.17. The lowest BCUT2D eigenvalue weighted by molar-refractivity contribution is 0.0682. The van der Waals surface area contributed by atoms with Crippen LogP contribution in [0.5, 0.6) is 0 Å². The molecule has 0 saturated carbocycles. The van der Waals surface area contributed by atoms with Crippen molar-refractivity contribution in [1.82, 2.24) is 14.7 Å². The Morgan fingerprint density at radius 1 is 1.64 bits per heavy atom. The Hall–Kier alpha value is -1.36. The van der Waals surface area contributed by atoms with Gasteiger partial charge in [-0.3, -0.25) is 4.68 Å². The van der Waals surface area contributed by atoms with Crippen LogP contribution in [-0.4, -0.2) is 46.4 Å². The number of carbonyl (C=O) groups is 1. The molecule has 0 amide bonds. The van der Waals surface area contributed by atoms with Crippen LogP contribution in [0.3, 0.4) is 0 Å². The molecule has 0 saturated heterocycles. The summed E-state index contributed by atoms with van der Waals surface area (Å²) in [7, 11) is 3.88. The van der Waals surface area contributed by atoms with E-state index in [9.17, 15) is 4.79 Å². The fourth-order valence-electron chi connectivity index (χ4n) is 1.18. The summed E-state index contributed by atoms with van der Waals surface area (Å²) in [5.41, 5.74) is 0.991. The van der Waals surface area contributed by atoms with Crippen molar-refractivity contribution in [2.75, 3.05) is 20.6 Å². The van der Waals surface area contributed by atoms with Crippen molar-refractivity contribution in [3.8, 4) is 0 Å². The van der Waals surface area contributed by atoms with E-state index in [0.717, 1.165) is 12.2 Å². The minimum Gasteiger partial charge on any atom is -0.477 e. The van der Waals surface area contributed by atoms with E-state index in [4.69, 9.17) is 5.11 Å². The first-order chi connectivity index (χ1) is 6.50. The first-order valence-corrected chi connectivity index (χ1v) is 4.43. The van der Waals surface area contributed by atoms with E-state index in [1.165, 1.54) is 4.68 Å². The maximum Gasteiger partial charge on any atom is 0.354 e. The minimum absolute atomic E-state index is 0.254. The summed E-state index contributed by atoms with van der Waals surface area (Å²) in [5, 5.41) is 13.0. The van der Waals surface area contributed by atoms with Gasteiger partial charge in [-0.15, -0.1) is 0 Å². The minimum atomic E-state index is -0.927. The lowest BCUT2D eigenvalue weighted by Crippen LogP contribution is -2.21. The standard InChI is InChI=1S/C9H15N3O2/c1-7-6-8(9(13)14)12(10-7)5-4-11(2)3/h6H,4-5H2,1-3H3,(H,13,14). The number of hydrogen-bond acceptors (Lipinski definition) is 3. The number of carboxylic acid groups (broad SMARTS) is 1. The molecule has 78 valence electrons. The maximum atomic E-state index is 10.8. The molecule has 1 N–H and O–H groups in total. The van der Waals surface area contributed by atoms with E-state index in [-0.39, 0.29) is 5.69 Å². The second kappa shape index (κ2) is 4.23. The molecule has 1 rings (SSSR count). The summed E-state index contributed by atoms with van der Waals surface area (Å²) in [4.78, 5) is 12.8. The van der Waals surface area contributed by atoms with Gasteiger partial charge in [0.1, 0.15) is 5.69 Å². The van der Waals surface area contributed by atoms with Crippen LogP contribution in [0.15, 0.2) is 6.07 Å². The SMILES string of the molecule is Cc1cc(C(=O)O)n(CCN(C)C)n1. The number of aromatic nitrogens is 2. The van der Waals surface area contributed by atoms with Gasteiger partial charge in [0.2, 0.25) is 0 Å². The Kier molecular flexibility index (Phi) is 3.24. The van der Waals surface area contributed by atoms with Crippen molar-refractivity contribution < 1.29 is 9.90 Å². The quantitative estimate of drug-likeness (QED) is 0.761. The molecular formula is C9H15N3O2. The summed E-state index contributed by atoms with van der Waals surface area (Å²) in [5.74, 6) is -0.927. The van der Waals surface area contributed by atoms with E-state index in [2.05, 4.69) is 5.10 Å². The van der Waals surface area contributed by atoms with Crippen LogP contribution in [0.1, 0.15) is 16.2 Å². The maximum absolute atomic E-state index is 10.8. The van der Waals surface area contributed by atoms with Gasteiger partial charge in [0.15, 0.2) is 0 Å². The first-order valence-electron chi connectivity index (χ1n) is 4.43. The van der Waals surface area contributed by atoms with Gasteiger partial charge in [-0.25, -0.2) is 4.79 Å². The molecule has 5 nitrogen and oxygen atoms in total. The molecule has 0 aliphatic carbocycles. The average molecular weight is 197 g/mol. The summed E-state index contributed by atoms with van der Waals surface area (Å²) >= 11 is 0. The molecule has 0 radical (unpaired) electrons.